The maximum atomic E-state index is 12.1. The number of benzene rings is 1. The summed E-state index contributed by atoms with van der Waals surface area (Å²) < 4.78 is 0. The summed E-state index contributed by atoms with van der Waals surface area (Å²) in [6.45, 7) is 6.99. The van der Waals surface area contributed by atoms with Crippen LogP contribution in [0.15, 0.2) is 36.4 Å². The van der Waals surface area contributed by atoms with Gasteiger partial charge in [0.25, 0.3) is 0 Å². The smallest absolute Gasteiger partial charge is 0.237 e. The van der Waals surface area contributed by atoms with Gasteiger partial charge in [0, 0.05) is 11.0 Å². The van der Waals surface area contributed by atoms with Crippen LogP contribution in [-0.2, 0) is 4.79 Å². The highest BCUT2D eigenvalue weighted by Crippen LogP contribution is 2.40. The van der Waals surface area contributed by atoms with Gasteiger partial charge in [-0.2, -0.15) is 0 Å². The molecule has 0 aromatic heterocycles. The largest absolute Gasteiger partial charge is 0.507 e. The standard InChI is InChI=1S/C15H14O4/c1-4-15(2,3)11-12(17)8-6-5-7-9(16)10(8)13(18)14(11)19/h4-7,16-17H,1H2,2-3H3. The fourth-order valence-electron chi connectivity index (χ4n) is 2.15. The van der Waals surface area contributed by atoms with E-state index in [1.807, 2.05) is 0 Å². The van der Waals surface area contributed by atoms with Crippen LogP contribution in [0.3, 0.4) is 0 Å². The zero-order chi connectivity index (χ0) is 14.4. The Balaban J connectivity index is 2.83. The fraction of sp³-hybridized carbons (Fsp3) is 0.200. The Morgan fingerprint density at radius 2 is 1.79 bits per heavy atom. The van der Waals surface area contributed by atoms with Crippen molar-refractivity contribution in [1.29, 1.82) is 0 Å². The first kappa shape index (κ1) is 13.1. The fourth-order valence-corrected chi connectivity index (χ4v) is 2.15. The molecule has 0 atom stereocenters. The molecule has 1 aromatic carbocycles. The molecule has 2 rings (SSSR count). The molecule has 0 radical (unpaired) electrons. The number of fused-ring (bicyclic) bond motifs is 1. The predicted molar refractivity (Wildman–Crippen MR) is 71.0 cm³/mol. The molecule has 0 bridgehead atoms. The van der Waals surface area contributed by atoms with E-state index in [0.717, 1.165) is 0 Å². The van der Waals surface area contributed by atoms with Crippen molar-refractivity contribution in [2.24, 2.45) is 5.41 Å². The number of hydrogen-bond donors (Lipinski definition) is 2. The minimum absolute atomic E-state index is 0.00519. The third-order valence-electron chi connectivity index (χ3n) is 3.35. The van der Waals surface area contributed by atoms with Crippen LogP contribution in [0.5, 0.6) is 5.75 Å². The minimum atomic E-state index is -0.833. The molecule has 0 saturated carbocycles. The number of carbonyl (C=O) groups is 2. The van der Waals surface area contributed by atoms with Crippen molar-refractivity contribution in [1.82, 2.24) is 0 Å². The van der Waals surface area contributed by atoms with Gasteiger partial charge in [0.15, 0.2) is 0 Å². The number of ketones is 2. The van der Waals surface area contributed by atoms with Crippen LogP contribution in [0.25, 0.3) is 5.76 Å². The molecule has 1 aromatic rings. The quantitative estimate of drug-likeness (QED) is 0.631. The van der Waals surface area contributed by atoms with Crippen LogP contribution in [0.2, 0.25) is 0 Å². The molecule has 0 aliphatic heterocycles. The molecular formula is C15H14O4. The number of phenols is 1. The molecule has 4 heteroatoms. The molecule has 1 aliphatic rings. The number of Topliss-reactive ketones (excluding diaryl/α,β-unsaturated/α-hetero) is 2. The Morgan fingerprint density at radius 1 is 1.16 bits per heavy atom. The van der Waals surface area contributed by atoms with Crippen molar-refractivity contribution < 1.29 is 19.8 Å². The van der Waals surface area contributed by atoms with Crippen molar-refractivity contribution in [2.45, 2.75) is 13.8 Å². The normalized spacial score (nSPS) is 15.5. The van der Waals surface area contributed by atoms with E-state index in [2.05, 4.69) is 6.58 Å². The summed E-state index contributed by atoms with van der Waals surface area (Å²) in [5.41, 5.74) is -0.797. The first-order chi connectivity index (χ1) is 8.81. The maximum Gasteiger partial charge on any atom is 0.237 e. The van der Waals surface area contributed by atoms with Gasteiger partial charge in [-0.3, -0.25) is 9.59 Å². The molecule has 4 nitrogen and oxygen atoms in total. The Kier molecular flexibility index (Phi) is 2.81. The van der Waals surface area contributed by atoms with Crippen molar-refractivity contribution in [3.05, 3.63) is 47.6 Å². The number of phenolic OH excluding ortho intramolecular Hbond substituents is 1. The van der Waals surface area contributed by atoms with Crippen molar-refractivity contribution in [2.75, 3.05) is 0 Å². The zero-order valence-electron chi connectivity index (χ0n) is 10.7. The number of aromatic hydroxyl groups is 1. The summed E-state index contributed by atoms with van der Waals surface area (Å²) in [6, 6.07) is 4.31. The van der Waals surface area contributed by atoms with E-state index < -0.39 is 17.0 Å². The molecule has 0 unspecified atom stereocenters. The monoisotopic (exact) mass is 258 g/mol. The first-order valence-corrected chi connectivity index (χ1v) is 5.80. The maximum absolute atomic E-state index is 12.1. The van der Waals surface area contributed by atoms with E-state index in [-0.39, 0.29) is 28.2 Å². The van der Waals surface area contributed by atoms with Crippen LogP contribution < -0.4 is 0 Å². The number of aliphatic hydroxyl groups excluding tert-OH is 1. The topological polar surface area (TPSA) is 74.6 Å². The third kappa shape index (κ3) is 1.76. The van der Waals surface area contributed by atoms with Gasteiger partial charge < -0.3 is 10.2 Å². The Morgan fingerprint density at radius 3 is 2.37 bits per heavy atom. The van der Waals surface area contributed by atoms with Gasteiger partial charge in [-0.15, -0.1) is 6.58 Å². The van der Waals surface area contributed by atoms with E-state index in [1.165, 1.54) is 24.3 Å². The van der Waals surface area contributed by atoms with Gasteiger partial charge >= 0.3 is 0 Å². The zero-order valence-corrected chi connectivity index (χ0v) is 10.7. The van der Waals surface area contributed by atoms with E-state index in [4.69, 9.17) is 0 Å². The molecule has 98 valence electrons. The average Bonchev–Trinajstić information content (AvgIpc) is 2.36. The van der Waals surface area contributed by atoms with E-state index in [9.17, 15) is 19.8 Å². The van der Waals surface area contributed by atoms with Gasteiger partial charge in [-0.1, -0.05) is 32.1 Å². The lowest BCUT2D eigenvalue weighted by atomic mass is 9.75. The second kappa shape index (κ2) is 4.09. The van der Waals surface area contributed by atoms with Gasteiger partial charge in [-0.05, 0) is 6.07 Å². The average molecular weight is 258 g/mol. The lowest BCUT2D eigenvalue weighted by molar-refractivity contribution is -0.112. The molecule has 0 fully saturated rings. The predicted octanol–water partition coefficient (Wildman–Crippen LogP) is 2.64. The summed E-state index contributed by atoms with van der Waals surface area (Å²) >= 11 is 0. The van der Waals surface area contributed by atoms with Gasteiger partial charge in [-0.25, -0.2) is 0 Å². The van der Waals surface area contributed by atoms with Gasteiger partial charge in [0.1, 0.15) is 11.5 Å². The molecule has 1 aliphatic carbocycles. The Bertz CT molecular complexity index is 636. The van der Waals surface area contributed by atoms with Crippen LogP contribution in [0, 0.1) is 5.41 Å². The lowest BCUT2D eigenvalue weighted by Gasteiger charge is -2.27. The van der Waals surface area contributed by atoms with Crippen LogP contribution in [0.1, 0.15) is 29.8 Å². The number of allylic oxidation sites excluding steroid dienone is 2. The molecular weight excluding hydrogens is 244 g/mol. The molecule has 0 amide bonds. The van der Waals surface area contributed by atoms with Crippen LogP contribution in [-0.4, -0.2) is 21.8 Å². The Labute approximate surface area is 110 Å². The molecule has 2 N–H and O–H groups in total. The molecule has 0 spiro atoms. The van der Waals surface area contributed by atoms with Crippen molar-refractivity contribution in [3.8, 4) is 5.75 Å². The number of aliphatic hydroxyl groups is 1. The van der Waals surface area contributed by atoms with Crippen molar-refractivity contribution in [3.63, 3.8) is 0 Å². The summed E-state index contributed by atoms with van der Waals surface area (Å²) in [6.07, 6.45) is 1.50. The Hall–Kier alpha value is -2.36. The second-order valence-corrected chi connectivity index (χ2v) is 5.01. The summed E-state index contributed by atoms with van der Waals surface area (Å²) in [4.78, 5) is 24.2. The second-order valence-electron chi connectivity index (χ2n) is 5.01. The van der Waals surface area contributed by atoms with Crippen molar-refractivity contribution >= 4 is 17.3 Å². The van der Waals surface area contributed by atoms with E-state index in [1.54, 1.807) is 13.8 Å². The number of rotatable bonds is 2. The summed E-state index contributed by atoms with van der Waals surface area (Å²) in [5.74, 6) is -2.20. The third-order valence-corrected chi connectivity index (χ3v) is 3.35. The van der Waals surface area contributed by atoms with Gasteiger partial charge in [0.2, 0.25) is 11.6 Å². The van der Waals surface area contributed by atoms with E-state index >= 15 is 0 Å². The lowest BCUT2D eigenvalue weighted by Crippen LogP contribution is -2.31. The van der Waals surface area contributed by atoms with Gasteiger partial charge in [0.05, 0.1) is 11.1 Å². The highest BCUT2D eigenvalue weighted by Gasteiger charge is 2.40. The minimum Gasteiger partial charge on any atom is -0.507 e. The number of hydrogen-bond acceptors (Lipinski definition) is 4. The first-order valence-electron chi connectivity index (χ1n) is 5.80. The number of carbonyl (C=O) groups excluding carboxylic acids is 2. The summed E-state index contributed by atoms with van der Waals surface area (Å²) in [5, 5.41) is 19.9. The molecule has 0 heterocycles. The molecule has 0 saturated heterocycles. The summed E-state index contributed by atoms with van der Waals surface area (Å²) in [7, 11) is 0. The van der Waals surface area contributed by atoms with Crippen LogP contribution >= 0.6 is 0 Å². The highest BCUT2D eigenvalue weighted by atomic mass is 16.3. The van der Waals surface area contributed by atoms with E-state index in [0.29, 0.717) is 0 Å². The molecule has 19 heavy (non-hydrogen) atoms. The van der Waals surface area contributed by atoms with Crippen LogP contribution in [0.4, 0.5) is 0 Å². The SMILES string of the molecule is C=CC(C)(C)C1=C(O)c2cccc(O)c2C(=O)C1=O. The highest BCUT2D eigenvalue weighted by molar-refractivity contribution is 6.53.